The zero-order chi connectivity index (χ0) is 11.8. The molecule has 88 valence electrons. The van der Waals surface area contributed by atoms with Gasteiger partial charge in [-0.05, 0) is 12.1 Å². The highest BCUT2D eigenvalue weighted by Crippen LogP contribution is 2.31. The van der Waals surface area contributed by atoms with E-state index in [9.17, 15) is 0 Å². The summed E-state index contributed by atoms with van der Waals surface area (Å²) < 4.78 is 7.25. The Morgan fingerprint density at radius 2 is 2.18 bits per heavy atom. The van der Waals surface area contributed by atoms with Gasteiger partial charge in [-0.3, -0.25) is 0 Å². The molecule has 0 saturated heterocycles. The predicted molar refractivity (Wildman–Crippen MR) is 64.8 cm³/mol. The van der Waals surface area contributed by atoms with Gasteiger partial charge in [-0.15, -0.1) is 5.10 Å². The summed E-state index contributed by atoms with van der Waals surface area (Å²) in [5, 5.41) is 11.7. The van der Waals surface area contributed by atoms with Crippen LogP contribution in [-0.4, -0.2) is 28.4 Å². The number of rotatable bonds is 1. The van der Waals surface area contributed by atoms with Gasteiger partial charge in [0.15, 0.2) is 0 Å². The van der Waals surface area contributed by atoms with Crippen LogP contribution in [0.4, 0.5) is 5.69 Å². The zero-order valence-electron chi connectivity index (χ0n) is 9.84. The number of fused-ring (bicyclic) bond motifs is 3. The van der Waals surface area contributed by atoms with Gasteiger partial charge in [-0.2, -0.15) is 0 Å². The SMILES string of the molecule is COc1nnc2n1-c1ccccc1NCC2C. The number of nitrogens with one attached hydrogen (secondary N) is 1. The molecule has 0 spiro atoms. The van der Waals surface area contributed by atoms with E-state index in [0.717, 1.165) is 23.7 Å². The van der Waals surface area contributed by atoms with Gasteiger partial charge in [0.25, 0.3) is 0 Å². The zero-order valence-corrected chi connectivity index (χ0v) is 9.84. The molecule has 3 rings (SSSR count). The largest absolute Gasteiger partial charge is 0.467 e. The van der Waals surface area contributed by atoms with Gasteiger partial charge in [0.1, 0.15) is 5.82 Å². The Hall–Kier alpha value is -2.04. The Morgan fingerprint density at radius 3 is 3.00 bits per heavy atom. The number of anilines is 1. The third-order valence-corrected chi connectivity index (χ3v) is 3.03. The summed E-state index contributed by atoms with van der Waals surface area (Å²) in [7, 11) is 1.61. The Bertz CT molecular complexity index is 549. The van der Waals surface area contributed by atoms with E-state index < -0.39 is 0 Å². The van der Waals surface area contributed by atoms with Crippen LogP contribution in [0.1, 0.15) is 18.7 Å². The molecular formula is C12H14N4O. The standard InChI is InChI=1S/C12H14N4O/c1-8-7-13-9-5-3-4-6-10(9)16-11(8)14-15-12(16)17-2/h3-6,8,13H,7H2,1-2H3. The van der Waals surface area contributed by atoms with Gasteiger partial charge in [-0.1, -0.05) is 24.2 Å². The lowest BCUT2D eigenvalue weighted by Crippen LogP contribution is -2.09. The third-order valence-electron chi connectivity index (χ3n) is 3.03. The number of benzene rings is 1. The van der Waals surface area contributed by atoms with E-state index >= 15 is 0 Å². The molecule has 2 aromatic rings. The smallest absolute Gasteiger partial charge is 0.321 e. The molecular weight excluding hydrogens is 216 g/mol. The molecule has 0 bridgehead atoms. The average Bonchev–Trinajstić information content (AvgIpc) is 2.74. The quantitative estimate of drug-likeness (QED) is 0.811. The molecule has 1 atom stereocenters. The number of para-hydroxylation sites is 2. The lowest BCUT2D eigenvalue weighted by atomic mass is 10.2. The van der Waals surface area contributed by atoms with Crippen LogP contribution in [0, 0.1) is 0 Å². The van der Waals surface area contributed by atoms with Crippen molar-refractivity contribution in [3.8, 4) is 11.7 Å². The van der Waals surface area contributed by atoms with Crippen LogP contribution in [0.25, 0.3) is 5.69 Å². The molecule has 0 fully saturated rings. The Balaban J connectivity index is 2.28. The van der Waals surface area contributed by atoms with E-state index in [4.69, 9.17) is 4.74 Å². The number of hydrogen-bond acceptors (Lipinski definition) is 4. The second-order valence-corrected chi connectivity index (χ2v) is 4.18. The summed E-state index contributed by atoms with van der Waals surface area (Å²) in [6.45, 7) is 2.97. The molecule has 1 unspecified atom stereocenters. The summed E-state index contributed by atoms with van der Waals surface area (Å²) in [6, 6.07) is 8.63. The maximum absolute atomic E-state index is 5.27. The van der Waals surface area contributed by atoms with Crippen molar-refractivity contribution in [3.05, 3.63) is 30.1 Å². The lowest BCUT2D eigenvalue weighted by molar-refractivity contribution is 0.371. The minimum Gasteiger partial charge on any atom is -0.467 e. The van der Waals surface area contributed by atoms with Gasteiger partial charge < -0.3 is 10.1 Å². The monoisotopic (exact) mass is 230 g/mol. The minimum atomic E-state index is 0.291. The van der Waals surface area contributed by atoms with Gasteiger partial charge in [0.05, 0.1) is 18.5 Å². The second kappa shape index (κ2) is 3.76. The van der Waals surface area contributed by atoms with Crippen molar-refractivity contribution in [2.45, 2.75) is 12.8 Å². The molecule has 0 radical (unpaired) electrons. The highest BCUT2D eigenvalue weighted by molar-refractivity contribution is 5.63. The first-order valence-electron chi connectivity index (χ1n) is 5.64. The van der Waals surface area contributed by atoms with Crippen molar-refractivity contribution < 1.29 is 4.74 Å². The van der Waals surface area contributed by atoms with Crippen LogP contribution in [0.5, 0.6) is 6.01 Å². The number of nitrogens with zero attached hydrogens (tertiary/aromatic N) is 3. The predicted octanol–water partition coefficient (Wildman–Crippen LogP) is 1.80. The van der Waals surface area contributed by atoms with Crippen LogP contribution in [0.15, 0.2) is 24.3 Å². The van der Waals surface area contributed by atoms with Gasteiger partial charge in [-0.25, -0.2) is 4.57 Å². The Kier molecular flexibility index (Phi) is 2.24. The number of ether oxygens (including phenoxy) is 1. The van der Waals surface area contributed by atoms with E-state index in [1.54, 1.807) is 7.11 Å². The molecule has 5 heteroatoms. The molecule has 0 amide bonds. The molecule has 1 aliphatic rings. The minimum absolute atomic E-state index is 0.291. The van der Waals surface area contributed by atoms with Crippen LogP contribution in [0.3, 0.4) is 0 Å². The van der Waals surface area contributed by atoms with Gasteiger partial charge in [0.2, 0.25) is 0 Å². The molecule has 0 saturated carbocycles. The molecule has 2 heterocycles. The topological polar surface area (TPSA) is 52.0 Å². The van der Waals surface area contributed by atoms with Crippen molar-refractivity contribution >= 4 is 5.69 Å². The maximum Gasteiger partial charge on any atom is 0.321 e. The van der Waals surface area contributed by atoms with Crippen LogP contribution in [-0.2, 0) is 0 Å². The molecule has 17 heavy (non-hydrogen) atoms. The Labute approximate surface area is 99.4 Å². The van der Waals surface area contributed by atoms with Crippen molar-refractivity contribution in [1.29, 1.82) is 0 Å². The summed E-state index contributed by atoms with van der Waals surface area (Å²) in [4.78, 5) is 0. The van der Waals surface area contributed by atoms with Crippen molar-refractivity contribution in [2.75, 3.05) is 19.0 Å². The molecule has 1 N–H and O–H groups in total. The third kappa shape index (κ3) is 1.46. The first-order chi connectivity index (χ1) is 8.31. The number of aromatic nitrogens is 3. The summed E-state index contributed by atoms with van der Waals surface area (Å²) >= 11 is 0. The van der Waals surface area contributed by atoms with Gasteiger partial charge >= 0.3 is 6.01 Å². The van der Waals surface area contributed by atoms with E-state index in [0.29, 0.717) is 11.9 Å². The van der Waals surface area contributed by atoms with E-state index in [-0.39, 0.29) is 0 Å². The van der Waals surface area contributed by atoms with Crippen molar-refractivity contribution in [2.24, 2.45) is 0 Å². The van der Waals surface area contributed by atoms with Crippen molar-refractivity contribution in [1.82, 2.24) is 14.8 Å². The van der Waals surface area contributed by atoms with Crippen LogP contribution in [0.2, 0.25) is 0 Å². The van der Waals surface area contributed by atoms with Gasteiger partial charge in [0, 0.05) is 12.5 Å². The Morgan fingerprint density at radius 1 is 1.35 bits per heavy atom. The molecule has 1 aromatic carbocycles. The van der Waals surface area contributed by atoms with E-state index in [1.165, 1.54) is 0 Å². The number of methoxy groups -OCH3 is 1. The number of hydrogen-bond donors (Lipinski definition) is 1. The van der Waals surface area contributed by atoms with Crippen LogP contribution < -0.4 is 10.1 Å². The second-order valence-electron chi connectivity index (χ2n) is 4.18. The highest BCUT2D eigenvalue weighted by atomic mass is 16.5. The maximum atomic E-state index is 5.27. The first-order valence-corrected chi connectivity index (χ1v) is 5.64. The highest BCUT2D eigenvalue weighted by Gasteiger charge is 2.24. The molecule has 0 aliphatic carbocycles. The first kappa shape index (κ1) is 10.1. The summed E-state index contributed by atoms with van der Waals surface area (Å²) in [5.41, 5.74) is 2.12. The summed E-state index contributed by atoms with van der Waals surface area (Å²) in [5.74, 6) is 1.22. The fourth-order valence-corrected chi connectivity index (χ4v) is 2.13. The average molecular weight is 230 g/mol. The fourth-order valence-electron chi connectivity index (χ4n) is 2.13. The lowest BCUT2D eigenvalue weighted by Gasteiger charge is -2.10. The molecule has 1 aromatic heterocycles. The molecule has 1 aliphatic heterocycles. The fraction of sp³-hybridized carbons (Fsp3) is 0.333. The summed E-state index contributed by atoms with van der Waals surface area (Å²) in [6.07, 6.45) is 0. The molecule has 5 nitrogen and oxygen atoms in total. The van der Waals surface area contributed by atoms with Crippen molar-refractivity contribution in [3.63, 3.8) is 0 Å². The van der Waals surface area contributed by atoms with E-state index in [1.807, 2.05) is 22.8 Å². The van der Waals surface area contributed by atoms with E-state index in [2.05, 4.69) is 28.5 Å². The normalized spacial score (nSPS) is 17.6. The van der Waals surface area contributed by atoms with Crippen LogP contribution >= 0.6 is 0 Å².